The van der Waals surface area contributed by atoms with E-state index in [1.165, 1.54) is 12.1 Å². The van der Waals surface area contributed by atoms with Gasteiger partial charge in [-0.3, -0.25) is 24.6 Å². The minimum absolute atomic E-state index is 0.0109. The van der Waals surface area contributed by atoms with Gasteiger partial charge in [-0.15, -0.1) is 0 Å². The summed E-state index contributed by atoms with van der Waals surface area (Å²) in [5.41, 5.74) is 1.59. The molecule has 2 aromatic carbocycles. The second-order valence-electron chi connectivity index (χ2n) is 6.98. The number of aryl methyl sites for hydroxylation is 1. The lowest BCUT2D eigenvalue weighted by molar-refractivity contribution is -0.384. The van der Waals surface area contributed by atoms with E-state index in [0.29, 0.717) is 26.9 Å². The van der Waals surface area contributed by atoms with E-state index in [1.54, 1.807) is 49.4 Å². The highest BCUT2D eigenvalue weighted by molar-refractivity contribution is 8.18. The van der Waals surface area contributed by atoms with Gasteiger partial charge in [0.05, 0.1) is 21.9 Å². The van der Waals surface area contributed by atoms with Crippen molar-refractivity contribution in [3.05, 3.63) is 90.5 Å². The van der Waals surface area contributed by atoms with Crippen LogP contribution in [0.1, 0.15) is 16.9 Å². The number of halogens is 2. The molecular formula is C22H14Cl2N2O5S. The van der Waals surface area contributed by atoms with Crippen LogP contribution in [0.4, 0.5) is 10.5 Å². The van der Waals surface area contributed by atoms with Crippen LogP contribution in [0.15, 0.2) is 57.9 Å². The van der Waals surface area contributed by atoms with E-state index in [4.69, 9.17) is 27.6 Å². The molecule has 10 heteroatoms. The van der Waals surface area contributed by atoms with Crippen LogP contribution in [0.25, 0.3) is 17.4 Å². The van der Waals surface area contributed by atoms with Crippen LogP contribution < -0.4 is 0 Å². The van der Waals surface area contributed by atoms with E-state index >= 15 is 0 Å². The van der Waals surface area contributed by atoms with Crippen LogP contribution in [0.2, 0.25) is 10.0 Å². The Bertz CT molecular complexity index is 1300. The summed E-state index contributed by atoms with van der Waals surface area (Å²) in [6.07, 6.45) is 1.44. The summed E-state index contributed by atoms with van der Waals surface area (Å²) in [5.74, 6) is 0.102. The third-order valence-corrected chi connectivity index (χ3v) is 6.23. The van der Waals surface area contributed by atoms with E-state index < -0.39 is 16.1 Å². The van der Waals surface area contributed by atoms with E-state index in [2.05, 4.69) is 0 Å². The molecular weight excluding hydrogens is 475 g/mol. The van der Waals surface area contributed by atoms with E-state index in [0.717, 1.165) is 22.2 Å². The molecule has 0 saturated carbocycles. The van der Waals surface area contributed by atoms with Crippen molar-refractivity contribution in [1.82, 2.24) is 4.90 Å². The molecule has 1 aromatic heterocycles. The highest BCUT2D eigenvalue weighted by Gasteiger charge is 2.35. The number of benzene rings is 2. The summed E-state index contributed by atoms with van der Waals surface area (Å²) in [6.45, 7) is 1.77. The molecule has 1 fully saturated rings. The van der Waals surface area contributed by atoms with Crippen LogP contribution in [0.5, 0.6) is 0 Å². The Hall–Kier alpha value is -3.07. The lowest BCUT2D eigenvalue weighted by atomic mass is 10.1. The van der Waals surface area contributed by atoms with Gasteiger partial charge in [0.2, 0.25) is 0 Å². The Labute approximate surface area is 196 Å². The predicted octanol–water partition coefficient (Wildman–Crippen LogP) is 6.71. The molecule has 0 N–H and O–H groups in total. The number of carbonyl (C=O) groups excluding carboxylic acids is 2. The van der Waals surface area contributed by atoms with Crippen molar-refractivity contribution in [2.24, 2.45) is 0 Å². The number of amides is 2. The zero-order chi connectivity index (χ0) is 23.0. The second-order valence-corrected chi connectivity index (χ2v) is 8.82. The molecule has 2 amide bonds. The average Bonchev–Trinajstić information content (AvgIpc) is 3.30. The first-order valence-electron chi connectivity index (χ1n) is 9.27. The van der Waals surface area contributed by atoms with Crippen LogP contribution in [0.3, 0.4) is 0 Å². The third-order valence-electron chi connectivity index (χ3n) is 4.73. The fraction of sp³-hybridized carbons (Fsp3) is 0.0909. The Morgan fingerprint density at radius 3 is 2.62 bits per heavy atom. The molecule has 0 aliphatic carbocycles. The molecule has 3 aromatic rings. The molecule has 0 unspecified atom stereocenters. The number of rotatable bonds is 5. The van der Waals surface area contributed by atoms with Gasteiger partial charge in [0, 0.05) is 22.2 Å². The molecule has 0 bridgehead atoms. The van der Waals surface area contributed by atoms with Gasteiger partial charge in [-0.1, -0.05) is 35.3 Å². The Kier molecular flexibility index (Phi) is 6.10. The Morgan fingerprint density at radius 2 is 1.91 bits per heavy atom. The van der Waals surface area contributed by atoms with E-state index in [1.807, 2.05) is 0 Å². The molecule has 1 aliphatic rings. The van der Waals surface area contributed by atoms with E-state index in [9.17, 15) is 19.7 Å². The standard InChI is InChI=1S/C22H14Cl2N2O5S/c1-12-2-6-16(18(8-12)26(29)30)19-7-5-15(31-19)10-20-21(27)25(22(28)32-20)11-13-3-4-14(23)9-17(13)24/h2-10H,11H2,1H3/b20-10-. The number of nitrogens with zero attached hydrogens (tertiary/aromatic N) is 2. The number of furan rings is 1. The topological polar surface area (TPSA) is 93.7 Å². The number of thioether (sulfide) groups is 1. The van der Waals surface area contributed by atoms with Gasteiger partial charge < -0.3 is 4.42 Å². The highest BCUT2D eigenvalue weighted by atomic mass is 35.5. The zero-order valence-corrected chi connectivity index (χ0v) is 18.8. The van der Waals surface area contributed by atoms with Gasteiger partial charge >= 0.3 is 0 Å². The van der Waals surface area contributed by atoms with Crippen LogP contribution in [0, 0.1) is 17.0 Å². The first-order chi connectivity index (χ1) is 15.2. The Balaban J connectivity index is 1.58. The summed E-state index contributed by atoms with van der Waals surface area (Å²) in [5, 5.41) is 11.8. The van der Waals surface area contributed by atoms with Crippen molar-refractivity contribution >= 4 is 57.9 Å². The van der Waals surface area contributed by atoms with Gasteiger partial charge in [-0.25, -0.2) is 0 Å². The summed E-state index contributed by atoms with van der Waals surface area (Å²) < 4.78 is 5.72. The number of hydrogen-bond donors (Lipinski definition) is 0. The predicted molar refractivity (Wildman–Crippen MR) is 124 cm³/mol. The number of nitro groups is 1. The largest absolute Gasteiger partial charge is 0.456 e. The van der Waals surface area contributed by atoms with Crippen molar-refractivity contribution in [3.8, 4) is 11.3 Å². The quantitative estimate of drug-likeness (QED) is 0.225. The van der Waals surface area contributed by atoms with Gasteiger partial charge in [0.15, 0.2) is 0 Å². The molecule has 4 rings (SSSR count). The molecule has 2 heterocycles. The lowest BCUT2D eigenvalue weighted by Gasteiger charge is -2.13. The van der Waals surface area contributed by atoms with E-state index in [-0.39, 0.29) is 22.9 Å². The smallest absolute Gasteiger partial charge is 0.293 e. The number of hydrogen-bond acceptors (Lipinski definition) is 6. The molecule has 0 spiro atoms. The maximum Gasteiger partial charge on any atom is 0.293 e. The van der Waals surface area contributed by atoms with Crippen LogP contribution >= 0.6 is 35.0 Å². The second kappa shape index (κ2) is 8.82. The first-order valence-corrected chi connectivity index (χ1v) is 10.8. The Morgan fingerprint density at radius 1 is 1.12 bits per heavy atom. The van der Waals surface area contributed by atoms with Crippen molar-refractivity contribution in [1.29, 1.82) is 0 Å². The lowest BCUT2D eigenvalue weighted by Crippen LogP contribution is -2.27. The van der Waals surface area contributed by atoms with Crippen LogP contribution in [-0.4, -0.2) is 21.0 Å². The molecule has 7 nitrogen and oxygen atoms in total. The molecule has 1 aliphatic heterocycles. The minimum atomic E-state index is -0.481. The van der Waals surface area contributed by atoms with Gasteiger partial charge in [-0.05, 0) is 60.1 Å². The number of imide groups is 1. The summed E-state index contributed by atoms with van der Waals surface area (Å²) in [7, 11) is 0. The van der Waals surface area contributed by atoms with Crippen molar-refractivity contribution < 1.29 is 18.9 Å². The number of nitro benzene ring substituents is 1. The SMILES string of the molecule is Cc1ccc(-c2ccc(/C=C3\SC(=O)N(Cc4ccc(Cl)cc4Cl)C3=O)o2)c([N+](=O)[O-])c1. The fourth-order valence-corrected chi connectivity index (χ4v) is 4.45. The van der Waals surface area contributed by atoms with Crippen LogP contribution in [-0.2, 0) is 11.3 Å². The van der Waals surface area contributed by atoms with Crippen molar-refractivity contribution in [3.63, 3.8) is 0 Å². The number of carbonyl (C=O) groups is 2. The highest BCUT2D eigenvalue weighted by Crippen LogP contribution is 2.36. The summed E-state index contributed by atoms with van der Waals surface area (Å²) >= 11 is 12.8. The molecule has 0 atom stereocenters. The maximum absolute atomic E-state index is 12.8. The maximum atomic E-state index is 12.8. The van der Waals surface area contributed by atoms with Crippen molar-refractivity contribution in [2.45, 2.75) is 13.5 Å². The molecule has 1 saturated heterocycles. The molecule has 32 heavy (non-hydrogen) atoms. The third kappa shape index (κ3) is 4.43. The summed E-state index contributed by atoms with van der Waals surface area (Å²) in [4.78, 5) is 37.3. The average molecular weight is 489 g/mol. The molecule has 0 radical (unpaired) electrons. The zero-order valence-electron chi connectivity index (χ0n) is 16.5. The van der Waals surface area contributed by atoms with Gasteiger partial charge in [0.25, 0.3) is 16.8 Å². The minimum Gasteiger partial charge on any atom is -0.456 e. The van der Waals surface area contributed by atoms with Gasteiger partial charge in [-0.2, -0.15) is 0 Å². The molecule has 162 valence electrons. The monoisotopic (exact) mass is 488 g/mol. The van der Waals surface area contributed by atoms with Crippen molar-refractivity contribution in [2.75, 3.05) is 0 Å². The van der Waals surface area contributed by atoms with Gasteiger partial charge in [0.1, 0.15) is 11.5 Å². The fourth-order valence-electron chi connectivity index (χ4n) is 3.16. The first kappa shape index (κ1) is 22.1. The normalized spacial score (nSPS) is 15.1. The summed E-state index contributed by atoms with van der Waals surface area (Å²) in [6, 6.07) is 12.8.